The second kappa shape index (κ2) is 14.2. The zero-order chi connectivity index (χ0) is 16.7. The Morgan fingerprint density at radius 1 is 1.10 bits per heavy atom. The van der Waals surface area contributed by atoms with Crippen molar-refractivity contribution >= 4 is 24.4 Å². The highest BCUT2D eigenvalue weighted by Crippen LogP contribution is 2.05. The number of nitrogens with one attached hydrogen (secondary N) is 3. The lowest BCUT2D eigenvalue weighted by molar-refractivity contribution is -0.123. The molecular formula is C15H37N3O2S. The Bertz CT molecular complexity index is 294. The van der Waals surface area contributed by atoms with E-state index in [0.29, 0.717) is 13.0 Å². The summed E-state index contributed by atoms with van der Waals surface area (Å²) in [6.45, 7) is 11.4. The van der Waals surface area contributed by atoms with E-state index in [0.717, 1.165) is 31.7 Å². The third-order valence-electron chi connectivity index (χ3n) is 2.79. The predicted molar refractivity (Wildman–Crippen MR) is 97.4 cm³/mol. The van der Waals surface area contributed by atoms with Gasteiger partial charge in [-0.1, -0.05) is 20.8 Å². The molecule has 0 fully saturated rings. The van der Waals surface area contributed by atoms with Crippen molar-refractivity contribution in [1.82, 2.24) is 16.0 Å². The molecule has 0 aliphatic heterocycles. The fraction of sp³-hybridized carbons (Fsp3) is 0.867. The van der Waals surface area contributed by atoms with Gasteiger partial charge in [0.1, 0.15) is 0 Å². The Hall–Kier alpha value is -0.750. The maximum Gasteiger partial charge on any atom is 0.315 e. The largest absolute Gasteiger partial charge is 0.337 e. The fourth-order valence-corrected chi connectivity index (χ4v) is 1.81. The first-order valence-electron chi connectivity index (χ1n) is 7.85. The van der Waals surface area contributed by atoms with Gasteiger partial charge < -0.3 is 16.0 Å². The molecule has 0 saturated carbocycles. The Balaban J connectivity index is -0.000000432. The molecule has 5 nitrogen and oxygen atoms in total. The van der Waals surface area contributed by atoms with Crippen LogP contribution in [0.5, 0.6) is 0 Å². The van der Waals surface area contributed by atoms with Crippen LogP contribution in [0, 0.1) is 0 Å². The molecule has 0 aromatic rings. The van der Waals surface area contributed by atoms with Crippen molar-refractivity contribution in [2.75, 3.05) is 25.4 Å². The first-order valence-corrected chi connectivity index (χ1v) is 8.48. The Labute approximate surface area is 138 Å². The molecule has 6 heteroatoms. The minimum atomic E-state index is -0.807. The van der Waals surface area contributed by atoms with Crippen LogP contribution in [0.2, 0.25) is 0 Å². The lowest BCUT2D eigenvalue weighted by Gasteiger charge is -2.24. The summed E-state index contributed by atoms with van der Waals surface area (Å²) in [7, 11) is 0. The number of rotatable bonds is 10. The Morgan fingerprint density at radius 2 is 1.71 bits per heavy atom. The van der Waals surface area contributed by atoms with Crippen LogP contribution in [0.1, 0.15) is 56.7 Å². The highest BCUT2D eigenvalue weighted by molar-refractivity contribution is 7.80. The summed E-state index contributed by atoms with van der Waals surface area (Å²) < 4.78 is 0. The van der Waals surface area contributed by atoms with E-state index in [1.807, 2.05) is 13.8 Å². The van der Waals surface area contributed by atoms with Crippen molar-refractivity contribution in [3.05, 3.63) is 0 Å². The van der Waals surface area contributed by atoms with Gasteiger partial charge in [-0.3, -0.25) is 4.79 Å². The lowest BCUT2D eigenvalue weighted by Crippen LogP contribution is -2.53. The SMILES string of the molecule is CC.CCC(=O)C(C)(C)NC(=O)NCCNCCCCS.[HH].[HH]. The lowest BCUT2D eigenvalue weighted by atomic mass is 9.97. The maximum atomic E-state index is 11.6. The summed E-state index contributed by atoms with van der Waals surface area (Å²) in [5.74, 6) is 0.926. The van der Waals surface area contributed by atoms with E-state index in [2.05, 4.69) is 28.6 Å². The monoisotopic (exact) mass is 323 g/mol. The van der Waals surface area contributed by atoms with Crippen LogP contribution in [0.4, 0.5) is 4.79 Å². The van der Waals surface area contributed by atoms with Gasteiger partial charge in [0.25, 0.3) is 0 Å². The zero-order valence-corrected chi connectivity index (χ0v) is 15.1. The molecule has 3 N–H and O–H groups in total. The third kappa shape index (κ3) is 12.7. The van der Waals surface area contributed by atoms with Crippen molar-refractivity contribution in [2.24, 2.45) is 0 Å². The van der Waals surface area contributed by atoms with Crippen molar-refractivity contribution in [3.63, 3.8) is 0 Å². The number of hydrogen-bond acceptors (Lipinski definition) is 4. The number of urea groups is 1. The molecule has 0 saturated heterocycles. The Kier molecular flexibility index (Phi) is 15.2. The van der Waals surface area contributed by atoms with Gasteiger partial charge >= 0.3 is 6.03 Å². The first kappa shape index (κ1) is 22.5. The van der Waals surface area contributed by atoms with Gasteiger partial charge in [0.2, 0.25) is 0 Å². The molecule has 0 aliphatic rings. The van der Waals surface area contributed by atoms with Crippen LogP contribution in [0.3, 0.4) is 0 Å². The van der Waals surface area contributed by atoms with Crippen LogP contribution in [-0.4, -0.2) is 42.7 Å². The molecule has 21 heavy (non-hydrogen) atoms. The molecule has 0 aromatic carbocycles. The van der Waals surface area contributed by atoms with Gasteiger partial charge in [-0.05, 0) is 39.0 Å². The first-order chi connectivity index (χ1) is 9.94. The van der Waals surface area contributed by atoms with Crippen LogP contribution in [0.15, 0.2) is 0 Å². The van der Waals surface area contributed by atoms with E-state index in [-0.39, 0.29) is 14.7 Å². The smallest absolute Gasteiger partial charge is 0.315 e. The van der Waals surface area contributed by atoms with Gasteiger partial charge in [-0.25, -0.2) is 4.79 Å². The summed E-state index contributed by atoms with van der Waals surface area (Å²) in [6.07, 6.45) is 2.60. The molecule has 0 rings (SSSR count). The second-order valence-electron chi connectivity index (χ2n) is 4.96. The van der Waals surface area contributed by atoms with E-state index in [1.54, 1.807) is 20.8 Å². The number of carbonyl (C=O) groups excluding carboxylic acids is 2. The fourth-order valence-electron chi connectivity index (χ4n) is 1.59. The van der Waals surface area contributed by atoms with Crippen molar-refractivity contribution in [1.29, 1.82) is 0 Å². The van der Waals surface area contributed by atoms with Crippen molar-refractivity contribution < 1.29 is 12.4 Å². The second-order valence-corrected chi connectivity index (χ2v) is 5.41. The molecule has 0 atom stereocenters. The molecular weight excluding hydrogens is 286 g/mol. The van der Waals surface area contributed by atoms with Gasteiger partial charge in [0.15, 0.2) is 5.78 Å². The summed E-state index contributed by atoms with van der Waals surface area (Å²) in [6, 6.07) is -0.302. The maximum absolute atomic E-state index is 11.6. The molecule has 0 spiro atoms. The molecule has 0 aromatic heterocycles. The predicted octanol–water partition coefficient (Wildman–Crippen LogP) is 2.86. The molecule has 0 unspecified atom stereocenters. The third-order valence-corrected chi connectivity index (χ3v) is 3.11. The normalized spacial score (nSPS) is 10.4. The molecule has 0 radical (unpaired) electrons. The minimum absolute atomic E-state index is 0. The van der Waals surface area contributed by atoms with Gasteiger partial charge in [0.05, 0.1) is 5.54 Å². The van der Waals surface area contributed by atoms with E-state index < -0.39 is 5.54 Å². The number of thiol groups is 1. The van der Waals surface area contributed by atoms with E-state index in [4.69, 9.17) is 0 Å². The summed E-state index contributed by atoms with van der Waals surface area (Å²) in [4.78, 5) is 23.2. The minimum Gasteiger partial charge on any atom is -0.337 e. The van der Waals surface area contributed by atoms with E-state index >= 15 is 0 Å². The quantitative estimate of drug-likeness (QED) is 0.369. The van der Waals surface area contributed by atoms with Crippen LogP contribution < -0.4 is 16.0 Å². The summed E-state index contributed by atoms with van der Waals surface area (Å²) >= 11 is 4.13. The van der Waals surface area contributed by atoms with E-state index in [9.17, 15) is 9.59 Å². The standard InChI is InChI=1S/C13H27N3O2S.C2H6.2H2/c1-4-11(17)13(2,3)16-12(18)15-9-8-14-7-5-6-10-19;1-2;;/h14,19H,4-10H2,1-3H3,(H2,15,16,18);1-2H3;2*1H. The average molecular weight is 324 g/mol. The molecule has 0 aliphatic carbocycles. The van der Waals surface area contributed by atoms with Crippen LogP contribution in [0.25, 0.3) is 0 Å². The Morgan fingerprint density at radius 3 is 2.24 bits per heavy atom. The van der Waals surface area contributed by atoms with Crippen molar-refractivity contribution in [3.8, 4) is 0 Å². The summed E-state index contributed by atoms with van der Waals surface area (Å²) in [5.41, 5.74) is -0.807. The highest BCUT2D eigenvalue weighted by atomic mass is 32.1. The van der Waals surface area contributed by atoms with Gasteiger partial charge in [-0.15, -0.1) is 0 Å². The molecule has 130 valence electrons. The highest BCUT2D eigenvalue weighted by Gasteiger charge is 2.27. The number of amides is 2. The number of hydrogen-bond donors (Lipinski definition) is 4. The zero-order valence-electron chi connectivity index (χ0n) is 14.2. The molecule has 2 amide bonds. The van der Waals surface area contributed by atoms with E-state index in [1.165, 1.54) is 0 Å². The summed E-state index contributed by atoms with van der Waals surface area (Å²) in [5, 5.41) is 8.64. The molecule has 0 heterocycles. The average Bonchev–Trinajstić information content (AvgIpc) is 2.47. The van der Waals surface area contributed by atoms with Gasteiger partial charge in [0, 0.05) is 22.4 Å². The molecule has 0 bridgehead atoms. The number of carbonyl (C=O) groups is 2. The van der Waals surface area contributed by atoms with Crippen LogP contribution >= 0.6 is 12.6 Å². The number of unbranched alkanes of at least 4 members (excludes halogenated alkanes) is 1. The van der Waals surface area contributed by atoms with Crippen molar-refractivity contribution in [2.45, 2.75) is 59.4 Å². The van der Waals surface area contributed by atoms with Crippen LogP contribution in [-0.2, 0) is 4.79 Å². The number of Topliss-reactive ketones (excluding diaryl/α,β-unsaturated/α-hetero) is 1. The van der Waals surface area contributed by atoms with Gasteiger partial charge in [-0.2, -0.15) is 12.6 Å². The topological polar surface area (TPSA) is 70.2 Å². The number of ketones is 1.